The highest BCUT2D eigenvalue weighted by Crippen LogP contribution is 2.17. The van der Waals surface area contributed by atoms with Crippen molar-refractivity contribution in [1.82, 2.24) is 5.48 Å². The SMILES string of the molecule is Cc1ccc(C(=O)NOC(C)(C)C)cc1Br. The Morgan fingerprint density at radius 3 is 2.50 bits per heavy atom. The Morgan fingerprint density at radius 2 is 2.00 bits per heavy atom. The molecule has 0 aromatic heterocycles. The zero-order chi connectivity index (χ0) is 12.3. The molecule has 88 valence electrons. The summed E-state index contributed by atoms with van der Waals surface area (Å²) in [7, 11) is 0. The van der Waals surface area contributed by atoms with Gasteiger partial charge in [-0.15, -0.1) is 0 Å². The van der Waals surface area contributed by atoms with Crippen molar-refractivity contribution < 1.29 is 9.63 Å². The molecule has 0 spiro atoms. The smallest absolute Gasteiger partial charge is 0.268 e. The molecule has 0 aliphatic rings. The zero-order valence-corrected chi connectivity index (χ0v) is 11.5. The summed E-state index contributed by atoms with van der Waals surface area (Å²) in [5.74, 6) is -0.240. The number of halogens is 1. The van der Waals surface area contributed by atoms with Gasteiger partial charge in [0.2, 0.25) is 0 Å². The van der Waals surface area contributed by atoms with Crippen LogP contribution in [0.3, 0.4) is 0 Å². The summed E-state index contributed by atoms with van der Waals surface area (Å²) in [6, 6.07) is 5.42. The van der Waals surface area contributed by atoms with Crippen LogP contribution in [-0.4, -0.2) is 11.5 Å². The number of carbonyl (C=O) groups excluding carboxylic acids is 1. The highest BCUT2D eigenvalue weighted by molar-refractivity contribution is 9.10. The Hall–Kier alpha value is -0.870. The number of rotatable bonds is 2. The second-order valence-corrected chi connectivity index (χ2v) is 5.46. The second kappa shape index (κ2) is 4.97. The fraction of sp³-hybridized carbons (Fsp3) is 0.417. The van der Waals surface area contributed by atoms with Gasteiger partial charge in [0.05, 0.1) is 5.60 Å². The maximum Gasteiger partial charge on any atom is 0.274 e. The topological polar surface area (TPSA) is 38.3 Å². The summed E-state index contributed by atoms with van der Waals surface area (Å²) in [6.07, 6.45) is 0. The minimum absolute atomic E-state index is 0.240. The molecule has 1 aromatic rings. The lowest BCUT2D eigenvalue weighted by molar-refractivity contribution is -0.0589. The number of aryl methyl sites for hydroxylation is 1. The Labute approximate surface area is 104 Å². The molecule has 1 aromatic carbocycles. The number of nitrogens with one attached hydrogen (secondary N) is 1. The van der Waals surface area contributed by atoms with Crippen LogP contribution < -0.4 is 5.48 Å². The molecule has 16 heavy (non-hydrogen) atoms. The van der Waals surface area contributed by atoms with Crippen molar-refractivity contribution in [2.45, 2.75) is 33.3 Å². The van der Waals surface area contributed by atoms with Gasteiger partial charge in [-0.3, -0.25) is 9.63 Å². The van der Waals surface area contributed by atoms with E-state index in [2.05, 4.69) is 21.4 Å². The Bertz CT molecular complexity index is 396. The van der Waals surface area contributed by atoms with Gasteiger partial charge in [0.15, 0.2) is 0 Å². The van der Waals surface area contributed by atoms with Crippen molar-refractivity contribution in [3.63, 3.8) is 0 Å². The van der Waals surface area contributed by atoms with E-state index in [0.717, 1.165) is 10.0 Å². The largest absolute Gasteiger partial charge is 0.274 e. The molecule has 0 aliphatic carbocycles. The molecule has 1 N–H and O–H groups in total. The average Bonchev–Trinajstić information content (AvgIpc) is 2.17. The van der Waals surface area contributed by atoms with E-state index in [1.165, 1.54) is 0 Å². The van der Waals surface area contributed by atoms with Crippen LogP contribution in [0.1, 0.15) is 36.7 Å². The fourth-order valence-corrected chi connectivity index (χ4v) is 1.37. The second-order valence-electron chi connectivity index (χ2n) is 4.61. The van der Waals surface area contributed by atoms with Gasteiger partial charge in [-0.05, 0) is 45.4 Å². The summed E-state index contributed by atoms with van der Waals surface area (Å²) < 4.78 is 0.913. The minimum atomic E-state index is -0.391. The highest BCUT2D eigenvalue weighted by Gasteiger charge is 2.14. The number of amides is 1. The molecule has 0 saturated heterocycles. The first-order chi connectivity index (χ1) is 7.29. The maximum absolute atomic E-state index is 11.7. The first kappa shape index (κ1) is 13.2. The molecule has 0 heterocycles. The van der Waals surface area contributed by atoms with Crippen LogP contribution in [0, 0.1) is 6.92 Å². The summed E-state index contributed by atoms with van der Waals surface area (Å²) in [4.78, 5) is 16.9. The van der Waals surface area contributed by atoms with Crippen LogP contribution in [0.15, 0.2) is 22.7 Å². The van der Waals surface area contributed by atoms with Gasteiger partial charge in [0.25, 0.3) is 5.91 Å². The van der Waals surface area contributed by atoms with Gasteiger partial charge in [-0.25, -0.2) is 5.48 Å². The van der Waals surface area contributed by atoms with Gasteiger partial charge < -0.3 is 0 Å². The molecule has 0 fully saturated rings. The molecule has 0 saturated carbocycles. The maximum atomic E-state index is 11.7. The normalized spacial score (nSPS) is 11.3. The predicted molar refractivity (Wildman–Crippen MR) is 67.2 cm³/mol. The Kier molecular flexibility index (Phi) is 4.10. The van der Waals surface area contributed by atoms with Gasteiger partial charge in [0, 0.05) is 10.0 Å². The first-order valence-corrected chi connectivity index (χ1v) is 5.83. The lowest BCUT2D eigenvalue weighted by Crippen LogP contribution is -2.33. The van der Waals surface area contributed by atoms with Crippen LogP contribution in [0.25, 0.3) is 0 Å². The molecule has 0 atom stereocenters. The molecule has 1 rings (SSSR count). The summed E-state index contributed by atoms with van der Waals surface area (Å²) in [6.45, 7) is 7.59. The van der Waals surface area contributed by atoms with E-state index in [9.17, 15) is 4.79 Å². The fourth-order valence-electron chi connectivity index (χ4n) is 0.992. The quantitative estimate of drug-likeness (QED) is 0.848. The third-order valence-electron chi connectivity index (χ3n) is 1.88. The molecular weight excluding hydrogens is 270 g/mol. The van der Waals surface area contributed by atoms with Gasteiger partial charge in [-0.1, -0.05) is 22.0 Å². The third kappa shape index (κ3) is 3.94. The van der Waals surface area contributed by atoms with Crippen LogP contribution in [-0.2, 0) is 4.84 Å². The molecule has 4 heteroatoms. The molecule has 0 radical (unpaired) electrons. The van der Waals surface area contributed by atoms with E-state index in [4.69, 9.17) is 4.84 Å². The van der Waals surface area contributed by atoms with E-state index in [1.807, 2.05) is 33.8 Å². The molecular formula is C12H16BrNO2. The monoisotopic (exact) mass is 285 g/mol. The number of hydrogen-bond acceptors (Lipinski definition) is 2. The molecule has 0 aliphatic heterocycles. The Balaban J connectivity index is 2.70. The highest BCUT2D eigenvalue weighted by atomic mass is 79.9. The summed E-state index contributed by atoms with van der Waals surface area (Å²) in [5.41, 5.74) is 3.70. The van der Waals surface area contributed by atoms with E-state index in [0.29, 0.717) is 5.56 Å². The van der Waals surface area contributed by atoms with Gasteiger partial charge in [-0.2, -0.15) is 0 Å². The minimum Gasteiger partial charge on any atom is -0.268 e. The van der Waals surface area contributed by atoms with Crippen molar-refractivity contribution in [3.8, 4) is 0 Å². The number of hydrogen-bond donors (Lipinski definition) is 1. The zero-order valence-electron chi connectivity index (χ0n) is 9.93. The third-order valence-corrected chi connectivity index (χ3v) is 2.74. The summed E-state index contributed by atoms with van der Waals surface area (Å²) in [5, 5.41) is 0. The van der Waals surface area contributed by atoms with Crippen LogP contribution in [0.2, 0.25) is 0 Å². The van der Waals surface area contributed by atoms with E-state index >= 15 is 0 Å². The predicted octanol–water partition coefficient (Wildman–Crippen LogP) is 3.22. The van der Waals surface area contributed by atoms with Crippen molar-refractivity contribution in [1.29, 1.82) is 0 Å². The molecule has 1 amide bonds. The van der Waals surface area contributed by atoms with E-state index < -0.39 is 5.60 Å². The standard InChI is InChI=1S/C12H16BrNO2/c1-8-5-6-9(7-10(8)13)11(15)14-16-12(2,3)4/h5-7H,1-4H3,(H,14,15). The van der Waals surface area contributed by atoms with E-state index in [1.54, 1.807) is 12.1 Å². The van der Waals surface area contributed by atoms with Crippen molar-refractivity contribution in [3.05, 3.63) is 33.8 Å². The molecule has 3 nitrogen and oxygen atoms in total. The number of hydroxylamine groups is 1. The number of benzene rings is 1. The number of carbonyl (C=O) groups is 1. The van der Waals surface area contributed by atoms with Crippen molar-refractivity contribution in [2.75, 3.05) is 0 Å². The summed E-state index contributed by atoms with van der Waals surface area (Å²) >= 11 is 3.38. The van der Waals surface area contributed by atoms with Crippen LogP contribution in [0.4, 0.5) is 0 Å². The van der Waals surface area contributed by atoms with E-state index in [-0.39, 0.29) is 5.91 Å². The lowest BCUT2D eigenvalue weighted by Gasteiger charge is -2.19. The molecule has 0 bridgehead atoms. The average molecular weight is 286 g/mol. The van der Waals surface area contributed by atoms with Crippen molar-refractivity contribution >= 4 is 21.8 Å². The first-order valence-electron chi connectivity index (χ1n) is 5.04. The van der Waals surface area contributed by atoms with Gasteiger partial charge in [0.1, 0.15) is 0 Å². The lowest BCUT2D eigenvalue weighted by atomic mass is 10.1. The van der Waals surface area contributed by atoms with Crippen molar-refractivity contribution in [2.24, 2.45) is 0 Å². The Morgan fingerprint density at radius 1 is 1.38 bits per heavy atom. The van der Waals surface area contributed by atoms with Gasteiger partial charge >= 0.3 is 0 Å². The van der Waals surface area contributed by atoms with Crippen LogP contribution >= 0.6 is 15.9 Å². The van der Waals surface area contributed by atoms with Crippen LogP contribution in [0.5, 0.6) is 0 Å². The molecule has 0 unspecified atom stereocenters.